The lowest BCUT2D eigenvalue weighted by molar-refractivity contribution is 0.120. The quantitative estimate of drug-likeness (QED) is 0.857. The Morgan fingerprint density at radius 1 is 1.41 bits per heavy atom. The molecule has 1 heterocycles. The van der Waals surface area contributed by atoms with E-state index in [2.05, 4.69) is 38.0 Å². The third-order valence-electron chi connectivity index (χ3n) is 4.30. The van der Waals surface area contributed by atoms with Crippen LogP contribution in [-0.4, -0.2) is 11.5 Å². The maximum atomic E-state index is 4.64. The van der Waals surface area contributed by atoms with Gasteiger partial charge in [-0.3, -0.25) is 0 Å². The summed E-state index contributed by atoms with van der Waals surface area (Å²) < 4.78 is 0. The Balaban J connectivity index is 1.93. The van der Waals surface area contributed by atoms with Crippen LogP contribution in [0.1, 0.15) is 61.2 Å². The van der Waals surface area contributed by atoms with Gasteiger partial charge >= 0.3 is 0 Å². The van der Waals surface area contributed by atoms with E-state index in [-0.39, 0.29) is 0 Å². The standard InChI is InChI=1S/C14H24N2S/c1-5-14(7-6-8-14)9-15-10(2)13-11(3)17-12(4)16-13/h10,15H,5-9H2,1-4H3. The van der Waals surface area contributed by atoms with Crippen molar-refractivity contribution in [1.82, 2.24) is 10.3 Å². The molecule has 17 heavy (non-hydrogen) atoms. The highest BCUT2D eigenvalue weighted by atomic mass is 32.1. The molecule has 1 N–H and O–H groups in total. The molecule has 1 aliphatic rings. The Morgan fingerprint density at radius 3 is 2.53 bits per heavy atom. The first kappa shape index (κ1) is 13.0. The van der Waals surface area contributed by atoms with E-state index >= 15 is 0 Å². The Hall–Kier alpha value is -0.410. The average Bonchev–Trinajstić information content (AvgIpc) is 2.57. The molecule has 0 spiro atoms. The van der Waals surface area contributed by atoms with Gasteiger partial charge < -0.3 is 5.32 Å². The summed E-state index contributed by atoms with van der Waals surface area (Å²) in [5, 5.41) is 4.87. The van der Waals surface area contributed by atoms with Gasteiger partial charge in [-0.1, -0.05) is 13.3 Å². The third kappa shape index (κ3) is 2.71. The maximum Gasteiger partial charge on any atom is 0.0900 e. The van der Waals surface area contributed by atoms with E-state index in [0.717, 1.165) is 6.54 Å². The van der Waals surface area contributed by atoms with Gasteiger partial charge in [-0.2, -0.15) is 0 Å². The van der Waals surface area contributed by atoms with Crippen molar-refractivity contribution < 1.29 is 0 Å². The fourth-order valence-corrected chi connectivity index (χ4v) is 3.66. The molecule has 0 aromatic carbocycles. The molecule has 0 bridgehead atoms. The van der Waals surface area contributed by atoms with Gasteiger partial charge in [0.05, 0.1) is 10.7 Å². The van der Waals surface area contributed by atoms with Crippen molar-refractivity contribution in [2.45, 2.75) is 59.4 Å². The molecule has 1 unspecified atom stereocenters. The van der Waals surface area contributed by atoms with Gasteiger partial charge in [0.15, 0.2) is 0 Å². The number of nitrogens with one attached hydrogen (secondary N) is 1. The summed E-state index contributed by atoms with van der Waals surface area (Å²) >= 11 is 1.81. The second-order valence-corrected chi connectivity index (χ2v) is 6.89. The first-order valence-corrected chi connectivity index (χ1v) is 7.55. The van der Waals surface area contributed by atoms with Crippen LogP contribution in [-0.2, 0) is 0 Å². The van der Waals surface area contributed by atoms with Gasteiger partial charge in [0.2, 0.25) is 0 Å². The first-order chi connectivity index (χ1) is 8.06. The summed E-state index contributed by atoms with van der Waals surface area (Å²) in [5.74, 6) is 0. The van der Waals surface area contributed by atoms with E-state index in [0.29, 0.717) is 11.5 Å². The minimum absolute atomic E-state index is 0.393. The summed E-state index contributed by atoms with van der Waals surface area (Å²) in [7, 11) is 0. The molecule has 1 aliphatic carbocycles. The first-order valence-electron chi connectivity index (χ1n) is 6.74. The molecule has 96 valence electrons. The highest BCUT2D eigenvalue weighted by Crippen LogP contribution is 2.43. The Labute approximate surface area is 109 Å². The summed E-state index contributed by atoms with van der Waals surface area (Å²) in [6.07, 6.45) is 5.52. The van der Waals surface area contributed by atoms with Gasteiger partial charge in [0, 0.05) is 17.5 Å². The van der Waals surface area contributed by atoms with E-state index < -0.39 is 0 Å². The molecule has 1 atom stereocenters. The van der Waals surface area contributed by atoms with E-state index in [4.69, 9.17) is 0 Å². The van der Waals surface area contributed by atoms with Crippen LogP contribution in [0.3, 0.4) is 0 Å². The largest absolute Gasteiger partial charge is 0.308 e. The van der Waals surface area contributed by atoms with Crippen LogP contribution in [0.4, 0.5) is 0 Å². The van der Waals surface area contributed by atoms with Crippen LogP contribution in [0, 0.1) is 19.3 Å². The summed E-state index contributed by atoms with van der Waals surface area (Å²) in [6, 6.07) is 0.393. The summed E-state index contributed by atoms with van der Waals surface area (Å²) in [6.45, 7) is 9.98. The predicted molar refractivity (Wildman–Crippen MR) is 74.6 cm³/mol. The van der Waals surface area contributed by atoms with Gasteiger partial charge in [-0.05, 0) is 45.4 Å². The van der Waals surface area contributed by atoms with Crippen molar-refractivity contribution in [2.24, 2.45) is 5.41 Å². The fraction of sp³-hybridized carbons (Fsp3) is 0.786. The van der Waals surface area contributed by atoms with E-state index in [1.165, 1.54) is 41.3 Å². The molecule has 0 aliphatic heterocycles. The molecule has 3 heteroatoms. The SMILES string of the molecule is CCC1(CNC(C)c2nc(C)sc2C)CCC1. The lowest BCUT2D eigenvalue weighted by Gasteiger charge is -2.42. The smallest absolute Gasteiger partial charge is 0.0900 e. The minimum Gasteiger partial charge on any atom is -0.308 e. The van der Waals surface area contributed by atoms with Gasteiger partial charge in [-0.15, -0.1) is 11.3 Å². The molecular weight excluding hydrogens is 228 g/mol. The van der Waals surface area contributed by atoms with Gasteiger partial charge in [0.1, 0.15) is 0 Å². The van der Waals surface area contributed by atoms with Crippen molar-refractivity contribution >= 4 is 11.3 Å². The van der Waals surface area contributed by atoms with Crippen molar-refractivity contribution in [1.29, 1.82) is 0 Å². The Morgan fingerprint density at radius 2 is 2.12 bits per heavy atom. The highest BCUT2D eigenvalue weighted by molar-refractivity contribution is 7.11. The Kier molecular flexibility index (Phi) is 3.88. The van der Waals surface area contributed by atoms with Crippen LogP contribution in [0.2, 0.25) is 0 Å². The van der Waals surface area contributed by atoms with Crippen LogP contribution >= 0.6 is 11.3 Å². The Bertz CT molecular complexity index is 374. The highest BCUT2D eigenvalue weighted by Gasteiger charge is 2.35. The molecule has 0 radical (unpaired) electrons. The normalized spacial score (nSPS) is 20.0. The average molecular weight is 252 g/mol. The fourth-order valence-electron chi connectivity index (χ4n) is 2.75. The zero-order valence-corrected chi connectivity index (χ0v) is 12.3. The maximum absolute atomic E-state index is 4.64. The molecule has 0 amide bonds. The second kappa shape index (κ2) is 5.07. The number of thiazole rings is 1. The summed E-state index contributed by atoms with van der Waals surface area (Å²) in [5.41, 5.74) is 1.84. The third-order valence-corrected chi connectivity index (χ3v) is 5.20. The van der Waals surface area contributed by atoms with Gasteiger partial charge in [0.25, 0.3) is 0 Å². The van der Waals surface area contributed by atoms with E-state index in [1.807, 2.05) is 0 Å². The molecule has 1 fully saturated rings. The number of aromatic nitrogens is 1. The number of rotatable bonds is 5. The van der Waals surface area contributed by atoms with E-state index in [1.54, 1.807) is 11.3 Å². The van der Waals surface area contributed by atoms with Crippen molar-refractivity contribution in [3.63, 3.8) is 0 Å². The zero-order valence-electron chi connectivity index (χ0n) is 11.5. The minimum atomic E-state index is 0.393. The second-order valence-electron chi connectivity index (χ2n) is 5.48. The molecular formula is C14H24N2S. The van der Waals surface area contributed by atoms with Crippen LogP contribution in [0.25, 0.3) is 0 Å². The van der Waals surface area contributed by atoms with Crippen molar-refractivity contribution in [3.05, 3.63) is 15.6 Å². The molecule has 1 aromatic rings. The number of nitrogens with zero attached hydrogens (tertiary/aromatic N) is 1. The molecule has 1 saturated carbocycles. The van der Waals surface area contributed by atoms with Crippen LogP contribution < -0.4 is 5.32 Å². The molecule has 1 aromatic heterocycles. The molecule has 2 rings (SSSR count). The van der Waals surface area contributed by atoms with Crippen molar-refractivity contribution in [2.75, 3.05) is 6.54 Å². The monoisotopic (exact) mass is 252 g/mol. The molecule has 0 saturated heterocycles. The molecule has 2 nitrogen and oxygen atoms in total. The zero-order chi connectivity index (χ0) is 12.5. The van der Waals surface area contributed by atoms with Crippen LogP contribution in [0.15, 0.2) is 0 Å². The number of hydrogen-bond donors (Lipinski definition) is 1. The predicted octanol–water partition coefficient (Wildman–Crippen LogP) is 3.99. The van der Waals surface area contributed by atoms with Gasteiger partial charge in [-0.25, -0.2) is 4.98 Å². The van der Waals surface area contributed by atoms with Crippen molar-refractivity contribution in [3.8, 4) is 0 Å². The summed E-state index contributed by atoms with van der Waals surface area (Å²) in [4.78, 5) is 6.00. The number of hydrogen-bond acceptors (Lipinski definition) is 3. The van der Waals surface area contributed by atoms with Crippen LogP contribution in [0.5, 0.6) is 0 Å². The lowest BCUT2D eigenvalue weighted by Crippen LogP contribution is -2.40. The topological polar surface area (TPSA) is 24.9 Å². The van der Waals surface area contributed by atoms with E-state index in [9.17, 15) is 0 Å². The number of aryl methyl sites for hydroxylation is 2. The lowest BCUT2D eigenvalue weighted by atomic mass is 9.67.